The van der Waals surface area contributed by atoms with Gasteiger partial charge in [0.15, 0.2) is 0 Å². The van der Waals surface area contributed by atoms with Crippen LogP contribution in [0.5, 0.6) is 0 Å². The Morgan fingerprint density at radius 2 is 1.57 bits per heavy atom. The fraction of sp³-hybridized carbons (Fsp3) is 0.294. The van der Waals surface area contributed by atoms with Crippen LogP contribution in [-0.4, -0.2) is 0 Å². The fourth-order valence-electron chi connectivity index (χ4n) is 2.31. The second-order valence-corrected chi connectivity index (χ2v) is 5.72. The molecule has 0 saturated carbocycles. The first-order valence-corrected chi connectivity index (χ1v) is 7.23. The van der Waals surface area contributed by atoms with Crippen molar-refractivity contribution in [2.24, 2.45) is 0 Å². The van der Waals surface area contributed by atoms with Gasteiger partial charge in [0.2, 0.25) is 0 Å². The van der Waals surface area contributed by atoms with Gasteiger partial charge in [0.1, 0.15) is 11.6 Å². The second kappa shape index (κ2) is 6.54. The van der Waals surface area contributed by atoms with Gasteiger partial charge in [0, 0.05) is 22.7 Å². The second-order valence-electron chi connectivity index (χ2n) is 5.28. The fourth-order valence-corrected chi connectivity index (χ4v) is 2.43. The summed E-state index contributed by atoms with van der Waals surface area (Å²) < 4.78 is 27.6. The van der Waals surface area contributed by atoms with Crippen LogP contribution in [0, 0.1) is 18.6 Å². The zero-order chi connectivity index (χ0) is 15.6. The van der Waals surface area contributed by atoms with Crippen molar-refractivity contribution in [2.45, 2.75) is 32.9 Å². The number of aryl methyl sites for hydroxylation is 1. The molecule has 0 amide bonds. The van der Waals surface area contributed by atoms with Gasteiger partial charge >= 0.3 is 0 Å². The van der Waals surface area contributed by atoms with Crippen LogP contribution in [0.25, 0.3) is 0 Å². The van der Waals surface area contributed by atoms with E-state index in [9.17, 15) is 8.78 Å². The zero-order valence-corrected chi connectivity index (χ0v) is 13.0. The van der Waals surface area contributed by atoms with Crippen LogP contribution in [0.4, 0.5) is 8.78 Å². The maximum absolute atomic E-state index is 14.0. The molecule has 112 valence electrons. The Balaban J connectivity index is 2.15. The van der Waals surface area contributed by atoms with E-state index in [1.54, 1.807) is 6.92 Å². The van der Waals surface area contributed by atoms with Crippen molar-refractivity contribution in [3.05, 3.63) is 69.7 Å². The van der Waals surface area contributed by atoms with Gasteiger partial charge in [-0.1, -0.05) is 23.7 Å². The molecule has 2 atom stereocenters. The topological polar surface area (TPSA) is 12.0 Å². The van der Waals surface area contributed by atoms with Crippen LogP contribution < -0.4 is 5.32 Å². The molecule has 0 saturated heterocycles. The van der Waals surface area contributed by atoms with E-state index in [1.165, 1.54) is 12.1 Å². The Morgan fingerprint density at radius 1 is 0.952 bits per heavy atom. The minimum Gasteiger partial charge on any atom is -0.304 e. The molecule has 1 nitrogen and oxygen atoms in total. The molecule has 4 heteroatoms. The molecule has 0 aliphatic rings. The highest BCUT2D eigenvalue weighted by molar-refractivity contribution is 6.30. The maximum atomic E-state index is 14.0. The number of hydrogen-bond donors (Lipinski definition) is 1. The standard InChI is InChI=1S/C17H18ClF2N/c1-10-8-17(20)15(9-16(10)19)12(3)21-11(2)13-4-6-14(18)7-5-13/h4-9,11-12,21H,1-3H3/t11-,12?/m0/s1. The molecule has 0 heterocycles. The Kier molecular flexibility index (Phi) is 4.96. The van der Waals surface area contributed by atoms with Crippen molar-refractivity contribution < 1.29 is 8.78 Å². The third-order valence-electron chi connectivity index (χ3n) is 3.61. The lowest BCUT2D eigenvalue weighted by Crippen LogP contribution is -2.23. The Hall–Kier alpha value is -1.45. The lowest BCUT2D eigenvalue weighted by atomic mass is 10.0. The predicted molar refractivity (Wildman–Crippen MR) is 82.5 cm³/mol. The molecule has 1 unspecified atom stereocenters. The van der Waals surface area contributed by atoms with Gasteiger partial charge in [-0.25, -0.2) is 8.78 Å². The van der Waals surface area contributed by atoms with E-state index >= 15 is 0 Å². The molecule has 2 rings (SSSR count). The molecular formula is C17H18ClF2N. The molecule has 0 aromatic heterocycles. The van der Waals surface area contributed by atoms with Crippen molar-refractivity contribution in [3.63, 3.8) is 0 Å². The van der Waals surface area contributed by atoms with Crippen LogP contribution in [0.15, 0.2) is 36.4 Å². The molecule has 0 fully saturated rings. The van der Waals surface area contributed by atoms with Gasteiger partial charge in [0.05, 0.1) is 0 Å². The summed E-state index contributed by atoms with van der Waals surface area (Å²) in [5.74, 6) is -0.781. The minimum absolute atomic E-state index is 0.000955. The van der Waals surface area contributed by atoms with Crippen LogP contribution in [-0.2, 0) is 0 Å². The van der Waals surface area contributed by atoms with E-state index in [0.717, 1.165) is 5.56 Å². The molecule has 0 aliphatic carbocycles. The molecule has 21 heavy (non-hydrogen) atoms. The number of nitrogens with one attached hydrogen (secondary N) is 1. The van der Waals surface area contributed by atoms with Crippen molar-refractivity contribution >= 4 is 11.6 Å². The molecule has 2 aromatic rings. The van der Waals surface area contributed by atoms with Gasteiger partial charge < -0.3 is 5.32 Å². The Bertz CT molecular complexity index is 625. The number of halogens is 3. The summed E-state index contributed by atoms with van der Waals surface area (Å²) in [5, 5.41) is 3.94. The molecule has 0 spiro atoms. The maximum Gasteiger partial charge on any atom is 0.128 e. The van der Waals surface area contributed by atoms with Gasteiger partial charge in [-0.2, -0.15) is 0 Å². The lowest BCUT2D eigenvalue weighted by molar-refractivity contribution is 0.469. The predicted octanol–water partition coefficient (Wildman–Crippen LogP) is 5.34. The van der Waals surface area contributed by atoms with E-state index in [-0.39, 0.29) is 17.9 Å². The summed E-state index contributed by atoms with van der Waals surface area (Å²) in [5.41, 5.74) is 1.69. The van der Waals surface area contributed by atoms with Crippen molar-refractivity contribution in [1.82, 2.24) is 5.32 Å². The SMILES string of the molecule is Cc1cc(F)c(C(C)N[C@@H](C)c2ccc(Cl)cc2)cc1F. The molecule has 2 aromatic carbocycles. The van der Waals surface area contributed by atoms with E-state index in [4.69, 9.17) is 11.6 Å². The van der Waals surface area contributed by atoms with Crippen LogP contribution >= 0.6 is 11.6 Å². The largest absolute Gasteiger partial charge is 0.304 e. The Morgan fingerprint density at radius 3 is 2.19 bits per heavy atom. The van der Waals surface area contributed by atoms with Crippen LogP contribution in [0.2, 0.25) is 5.02 Å². The average molecular weight is 310 g/mol. The zero-order valence-electron chi connectivity index (χ0n) is 12.3. The summed E-state index contributed by atoms with van der Waals surface area (Å²) in [6, 6.07) is 9.65. The smallest absolute Gasteiger partial charge is 0.128 e. The monoisotopic (exact) mass is 309 g/mol. The average Bonchev–Trinajstić information content (AvgIpc) is 2.43. The summed E-state index contributed by atoms with van der Waals surface area (Å²) >= 11 is 5.86. The highest BCUT2D eigenvalue weighted by Gasteiger charge is 2.16. The van der Waals surface area contributed by atoms with Gasteiger partial charge in [-0.3, -0.25) is 0 Å². The minimum atomic E-state index is -0.391. The first kappa shape index (κ1) is 15.9. The molecule has 0 aliphatic heterocycles. The number of rotatable bonds is 4. The highest BCUT2D eigenvalue weighted by atomic mass is 35.5. The molecule has 0 bridgehead atoms. The lowest BCUT2D eigenvalue weighted by Gasteiger charge is -2.21. The summed E-state index contributed by atoms with van der Waals surface area (Å²) in [6.07, 6.45) is 0. The van der Waals surface area contributed by atoms with Crippen molar-refractivity contribution in [2.75, 3.05) is 0 Å². The van der Waals surface area contributed by atoms with Crippen molar-refractivity contribution in [1.29, 1.82) is 0 Å². The first-order valence-electron chi connectivity index (χ1n) is 6.85. The van der Waals surface area contributed by atoms with Crippen molar-refractivity contribution in [3.8, 4) is 0 Å². The van der Waals surface area contributed by atoms with Gasteiger partial charge in [-0.15, -0.1) is 0 Å². The number of benzene rings is 2. The van der Waals surface area contributed by atoms with Gasteiger partial charge in [0.25, 0.3) is 0 Å². The summed E-state index contributed by atoms with van der Waals surface area (Å²) in [4.78, 5) is 0. The molecule has 0 radical (unpaired) electrons. The summed E-state index contributed by atoms with van der Waals surface area (Å²) in [6.45, 7) is 5.35. The van der Waals surface area contributed by atoms with Crippen LogP contribution in [0.1, 0.15) is 42.6 Å². The molecular weight excluding hydrogens is 292 g/mol. The normalized spacial score (nSPS) is 14.0. The van der Waals surface area contributed by atoms with E-state index in [2.05, 4.69) is 5.32 Å². The molecule has 1 N–H and O–H groups in total. The van der Waals surface area contributed by atoms with Crippen LogP contribution in [0.3, 0.4) is 0 Å². The Labute approximate surface area is 128 Å². The van der Waals surface area contributed by atoms with E-state index in [0.29, 0.717) is 16.1 Å². The first-order chi connectivity index (χ1) is 9.88. The third kappa shape index (κ3) is 3.80. The van der Waals surface area contributed by atoms with E-state index < -0.39 is 5.82 Å². The highest BCUT2D eigenvalue weighted by Crippen LogP contribution is 2.24. The van der Waals surface area contributed by atoms with Gasteiger partial charge in [-0.05, 0) is 56.2 Å². The summed E-state index contributed by atoms with van der Waals surface area (Å²) in [7, 11) is 0. The van der Waals surface area contributed by atoms with E-state index in [1.807, 2.05) is 38.1 Å². The quantitative estimate of drug-likeness (QED) is 0.804. The third-order valence-corrected chi connectivity index (χ3v) is 3.87. The number of hydrogen-bond acceptors (Lipinski definition) is 1.